The number of halogens is 1. The first-order valence-electron chi connectivity index (χ1n) is 27.3. The lowest BCUT2D eigenvalue weighted by atomic mass is 9.44. The fourth-order valence-electron chi connectivity index (χ4n) is 13.0. The van der Waals surface area contributed by atoms with Gasteiger partial charge in [-0.3, -0.25) is 19.2 Å². The Morgan fingerprint density at radius 3 is 1.88 bits per heavy atom. The number of hydrogen-bond acceptors (Lipinski definition) is 14. The second-order valence-corrected chi connectivity index (χ2v) is 32.5. The minimum Gasteiger partial charge on any atom is -0.456 e. The van der Waals surface area contributed by atoms with Gasteiger partial charge in [0.05, 0.1) is 35.6 Å². The third-order valence-corrected chi connectivity index (χ3v) is 27.9. The Morgan fingerprint density at radius 1 is 0.779 bits per heavy atom. The average Bonchev–Trinajstić information content (AvgIpc) is 3.60. The zero-order valence-corrected chi connectivity index (χ0v) is 50.3. The molecule has 3 aliphatic carbocycles. The number of aliphatic hydroxyl groups is 1. The topological polar surface area (TPSA) is 199 Å². The third kappa shape index (κ3) is 11.0. The van der Waals surface area contributed by atoms with Gasteiger partial charge in [-0.05, 0) is 103 Å². The van der Waals surface area contributed by atoms with Gasteiger partial charge in [-0.1, -0.05) is 120 Å². The summed E-state index contributed by atoms with van der Waals surface area (Å²) in [5, 5.41) is 17.6. The molecule has 418 valence electrons. The van der Waals surface area contributed by atoms with Crippen molar-refractivity contribution in [2.24, 2.45) is 16.7 Å². The summed E-state index contributed by atoms with van der Waals surface area (Å²) in [5.41, 5.74) is -6.01. The van der Waals surface area contributed by atoms with Crippen LogP contribution >= 0.6 is 15.9 Å². The molecule has 18 heteroatoms. The summed E-state index contributed by atoms with van der Waals surface area (Å²) in [5.74, 6) is -5.75. The molecule has 0 radical (unpaired) electrons. The first-order chi connectivity index (χ1) is 36.4. The lowest BCUT2D eigenvalue weighted by molar-refractivity contribution is -0.344. The highest BCUT2D eigenvalue weighted by atomic mass is 79.9. The molecule has 77 heavy (non-hydrogen) atoms. The summed E-state index contributed by atoms with van der Waals surface area (Å²) < 4.78 is 47.9. The van der Waals surface area contributed by atoms with Crippen molar-refractivity contribution in [2.45, 2.75) is 186 Å². The van der Waals surface area contributed by atoms with Gasteiger partial charge in [0, 0.05) is 42.1 Å². The number of carbonyl (C=O) groups excluding carboxylic acids is 6. The zero-order chi connectivity index (χ0) is 56.5. The molecule has 3 aromatic rings. The van der Waals surface area contributed by atoms with Crippen molar-refractivity contribution in [1.82, 2.24) is 5.32 Å². The molecule has 0 unspecified atom stereocenters. The molecule has 7 rings (SSSR count). The van der Waals surface area contributed by atoms with Crippen molar-refractivity contribution in [1.29, 1.82) is 0 Å². The summed E-state index contributed by atoms with van der Waals surface area (Å²) in [4.78, 5) is 88.9. The number of ketones is 1. The van der Waals surface area contributed by atoms with Gasteiger partial charge >= 0.3 is 23.9 Å². The second-order valence-electron chi connectivity index (χ2n) is 22.2. The van der Waals surface area contributed by atoms with Crippen LogP contribution in [0.3, 0.4) is 0 Å². The molecule has 15 nitrogen and oxygen atoms in total. The maximum Gasteiger partial charge on any atom is 0.338 e. The largest absolute Gasteiger partial charge is 0.456 e. The van der Waals surface area contributed by atoms with Gasteiger partial charge in [0.1, 0.15) is 23.9 Å². The molecule has 2 saturated carbocycles. The minimum atomic E-state index is -2.78. The minimum absolute atomic E-state index is 0.0897. The van der Waals surface area contributed by atoms with Crippen LogP contribution in [0.2, 0.25) is 36.3 Å². The van der Waals surface area contributed by atoms with E-state index in [4.69, 9.17) is 32.5 Å². The maximum absolute atomic E-state index is 16.6. The summed E-state index contributed by atoms with van der Waals surface area (Å²) in [6.07, 6.45) is -8.53. The number of esters is 4. The van der Waals surface area contributed by atoms with Crippen molar-refractivity contribution in [3.05, 3.63) is 117 Å². The normalized spacial score (nSPS) is 28.5. The molecule has 4 aliphatic rings. The van der Waals surface area contributed by atoms with Crippen LogP contribution in [0.5, 0.6) is 0 Å². The van der Waals surface area contributed by atoms with E-state index in [1.807, 2.05) is 26.8 Å². The van der Waals surface area contributed by atoms with E-state index in [9.17, 15) is 24.3 Å². The summed E-state index contributed by atoms with van der Waals surface area (Å²) in [6, 6.07) is 26.9. The van der Waals surface area contributed by atoms with Gasteiger partial charge < -0.3 is 43.0 Å². The van der Waals surface area contributed by atoms with Gasteiger partial charge in [-0.2, -0.15) is 0 Å². The van der Waals surface area contributed by atoms with Crippen LogP contribution in [0.25, 0.3) is 0 Å². The molecule has 1 heterocycles. The number of nitrogens with one attached hydrogen (secondary N) is 1. The van der Waals surface area contributed by atoms with E-state index >= 15 is 9.59 Å². The number of amides is 1. The Hall–Kier alpha value is -4.83. The van der Waals surface area contributed by atoms with Gasteiger partial charge in [-0.25, -0.2) is 9.59 Å². The maximum atomic E-state index is 16.6. The number of rotatable bonds is 20. The van der Waals surface area contributed by atoms with E-state index in [1.54, 1.807) is 107 Å². The molecule has 2 bridgehead atoms. The van der Waals surface area contributed by atoms with Crippen LogP contribution in [0.4, 0.5) is 0 Å². The van der Waals surface area contributed by atoms with Crippen molar-refractivity contribution < 1.29 is 66.4 Å². The molecule has 0 spiro atoms. The van der Waals surface area contributed by atoms with Crippen LogP contribution in [-0.4, -0.2) is 112 Å². The molecule has 1 saturated heterocycles. The van der Waals surface area contributed by atoms with E-state index in [0.717, 1.165) is 0 Å². The SMILES string of the molecule is CC[Si](CC)(CC)O[C@H](C(=O)O[C@H]1C[C@@]2(O)[C@@H](OC(=O)c3ccccc3)[C@@H]3[C@]4(OC(C)=O)CO[C@@H]4C[C@H](O[Si](CC)(CC)CC)[C@@]3(C)C(=O)[C@H](OC(C)=O)C(=C1C)C2(C)C)[C@H](NC(=O)c1ccccc1)c1cccc(Br)c1. The fourth-order valence-corrected chi connectivity index (χ4v) is 19.2. The Labute approximate surface area is 464 Å². The Morgan fingerprint density at radius 2 is 1.36 bits per heavy atom. The molecule has 2 N–H and O–H groups in total. The highest BCUT2D eigenvalue weighted by Gasteiger charge is 2.79. The molecule has 3 aromatic carbocycles. The number of hydrogen-bond donors (Lipinski definition) is 2. The second kappa shape index (κ2) is 23.5. The van der Waals surface area contributed by atoms with Crippen molar-refractivity contribution >= 4 is 68.1 Å². The lowest BCUT2D eigenvalue weighted by Crippen LogP contribution is -2.82. The van der Waals surface area contributed by atoms with E-state index in [-0.39, 0.29) is 24.2 Å². The molecular formula is C59H78BrNO14Si2. The molecule has 0 aromatic heterocycles. The summed E-state index contributed by atoms with van der Waals surface area (Å²) in [6.45, 7) is 21.2. The molecule has 3 fully saturated rings. The zero-order valence-electron chi connectivity index (χ0n) is 46.7. The van der Waals surface area contributed by atoms with Gasteiger partial charge in [-0.15, -0.1) is 0 Å². The van der Waals surface area contributed by atoms with Crippen molar-refractivity contribution in [3.8, 4) is 0 Å². The van der Waals surface area contributed by atoms with Gasteiger partial charge in [0.25, 0.3) is 5.91 Å². The Kier molecular flexibility index (Phi) is 18.2. The average molecular weight is 1160 g/mol. The molecule has 1 aliphatic heterocycles. The van der Waals surface area contributed by atoms with E-state index in [2.05, 4.69) is 42.0 Å². The smallest absolute Gasteiger partial charge is 0.338 e. The highest BCUT2D eigenvalue weighted by Crippen LogP contribution is 2.65. The third-order valence-electron chi connectivity index (χ3n) is 18.1. The molecular weight excluding hydrogens is 1080 g/mol. The van der Waals surface area contributed by atoms with Gasteiger partial charge in [0.15, 0.2) is 40.2 Å². The monoisotopic (exact) mass is 1160 g/mol. The summed E-state index contributed by atoms with van der Waals surface area (Å²) >= 11 is 3.59. The number of fused-ring (bicyclic) bond motifs is 5. The van der Waals surface area contributed by atoms with Crippen LogP contribution < -0.4 is 5.32 Å². The molecule has 1 amide bonds. The van der Waals surface area contributed by atoms with E-state index in [0.29, 0.717) is 57.4 Å². The van der Waals surface area contributed by atoms with Crippen LogP contribution in [0.1, 0.15) is 128 Å². The number of benzene rings is 3. The van der Waals surface area contributed by atoms with Crippen LogP contribution in [0.15, 0.2) is 101 Å². The summed E-state index contributed by atoms with van der Waals surface area (Å²) in [7, 11) is -5.43. The number of carbonyl (C=O) groups is 6. The quantitative estimate of drug-likeness (QED) is 0.0469. The highest BCUT2D eigenvalue weighted by molar-refractivity contribution is 9.10. The van der Waals surface area contributed by atoms with Gasteiger partial charge in [0.2, 0.25) is 0 Å². The fraction of sp³-hybridized carbons (Fsp3) is 0.559. The predicted molar refractivity (Wildman–Crippen MR) is 298 cm³/mol. The molecule has 11 atom stereocenters. The van der Waals surface area contributed by atoms with Crippen LogP contribution in [-0.2, 0) is 51.7 Å². The Bertz CT molecular complexity index is 2700. The first kappa shape index (κ1) is 59.8. The number of ether oxygens (including phenoxy) is 5. The number of Topliss-reactive ketones (excluding diaryl/α,β-unsaturated/α-hetero) is 1. The van der Waals surface area contributed by atoms with Crippen molar-refractivity contribution in [2.75, 3.05) is 6.61 Å². The van der Waals surface area contributed by atoms with E-state index in [1.165, 1.54) is 13.8 Å². The standard InChI is InChI=1S/C59H78BrNO14Si2/c1-13-76(14-2,15-3)74-44-33-45-58(35-69-45,73-38(9)63)50-52(72-54(66)40-28-23-20-24-29-40)59(68)34-43(36(7)46(56(59,10)11)48(70-37(8)62)51(64)57(44,50)12)71-55(67)49(75-77(16-4,17-5)18-6)47(41-30-25-31-42(60)32-41)61-53(65)39-26-21-19-22-27-39/h19-32,43-45,47-50,52,68H,13-18,33-35H2,1-12H3,(H,61,65)/t43-,44-,45+,47+,48+,49-,50-,52-,57+,58-,59+/m0/s1. The van der Waals surface area contributed by atoms with Crippen molar-refractivity contribution in [3.63, 3.8) is 0 Å². The predicted octanol–water partition coefficient (Wildman–Crippen LogP) is 10.6. The lowest BCUT2D eigenvalue weighted by Gasteiger charge is -2.68. The van der Waals surface area contributed by atoms with Crippen LogP contribution in [0, 0.1) is 16.7 Å². The first-order valence-corrected chi connectivity index (χ1v) is 33.2. The van der Waals surface area contributed by atoms with E-state index < -0.39 is 129 Å². The Balaban J connectivity index is 1.50.